The molecule has 0 bridgehead atoms. The molecule has 0 spiro atoms. The average molecular weight is 399 g/mol. The minimum absolute atomic E-state index is 0.0339. The molecule has 0 fully saturated rings. The van der Waals surface area contributed by atoms with E-state index < -0.39 is 11.0 Å². The van der Waals surface area contributed by atoms with Gasteiger partial charge in [-0.15, -0.1) is 0 Å². The zero-order chi connectivity index (χ0) is 21.8. The monoisotopic (exact) mass is 398 g/mol. The highest BCUT2D eigenvalue weighted by molar-refractivity contribution is 5.88. The summed E-state index contributed by atoms with van der Waals surface area (Å²) in [4.78, 5) is 29.8. The molecule has 5 heteroatoms. The molecule has 2 aromatic rings. The molecular weight excluding hydrogens is 364 g/mol. The van der Waals surface area contributed by atoms with Gasteiger partial charge in [0, 0.05) is 17.5 Å². The van der Waals surface area contributed by atoms with E-state index in [0.29, 0.717) is 13.1 Å². The van der Waals surface area contributed by atoms with Crippen LogP contribution in [0.25, 0.3) is 0 Å². The molecule has 0 unspecified atom stereocenters. The first-order valence-corrected chi connectivity index (χ1v) is 10.1. The zero-order valence-corrected chi connectivity index (χ0v) is 18.8. The van der Waals surface area contributed by atoms with Gasteiger partial charge >= 0.3 is 0 Å². The molecule has 0 aliphatic rings. The second kappa shape index (κ2) is 8.85. The number of aryl methyl sites for hydroxylation is 1. The Labute approximate surface area is 174 Å². The predicted molar refractivity (Wildman–Crippen MR) is 115 cm³/mol. The van der Waals surface area contributed by atoms with Crippen LogP contribution >= 0.6 is 0 Å². The van der Waals surface area contributed by atoms with Crippen LogP contribution in [0.5, 0.6) is 0 Å². The first-order valence-electron chi connectivity index (χ1n) is 10.1. The Hall–Kier alpha value is -2.56. The quantitative estimate of drug-likeness (QED) is 0.703. The van der Waals surface area contributed by atoms with Crippen molar-refractivity contribution in [3.05, 3.63) is 59.5 Å². The number of amides is 2. The Kier molecular flexibility index (Phi) is 6.93. The third-order valence-electron chi connectivity index (χ3n) is 4.70. The molecule has 5 nitrogen and oxygen atoms in total. The van der Waals surface area contributed by atoms with Crippen molar-refractivity contribution in [2.45, 2.75) is 67.1 Å². The molecule has 0 N–H and O–H groups in total. The minimum Gasteiger partial charge on any atom is -0.464 e. The maximum atomic E-state index is 13.3. The molecule has 2 amide bonds. The van der Waals surface area contributed by atoms with Crippen LogP contribution in [0.4, 0.5) is 0 Å². The fraction of sp³-hybridized carbons (Fsp3) is 0.500. The summed E-state index contributed by atoms with van der Waals surface area (Å²) < 4.78 is 5.70. The van der Waals surface area contributed by atoms with Gasteiger partial charge in [0.15, 0.2) is 0 Å². The maximum absolute atomic E-state index is 13.3. The van der Waals surface area contributed by atoms with Gasteiger partial charge in [-0.3, -0.25) is 9.59 Å². The van der Waals surface area contributed by atoms with Gasteiger partial charge in [0.2, 0.25) is 11.8 Å². The van der Waals surface area contributed by atoms with Gasteiger partial charge in [-0.05, 0) is 45.4 Å². The van der Waals surface area contributed by atoms with Gasteiger partial charge in [0.25, 0.3) is 0 Å². The summed E-state index contributed by atoms with van der Waals surface area (Å²) in [6.07, 6.45) is 0. The van der Waals surface area contributed by atoms with Gasteiger partial charge < -0.3 is 14.2 Å². The third-order valence-corrected chi connectivity index (χ3v) is 4.70. The van der Waals surface area contributed by atoms with Crippen molar-refractivity contribution in [3.63, 3.8) is 0 Å². The van der Waals surface area contributed by atoms with Crippen molar-refractivity contribution in [2.75, 3.05) is 6.54 Å². The SMILES string of the molecule is Cc1ccc(CN(Cc2ccccc2)C(=O)CN(C(=O)C(C)(C)C)C(C)(C)C)o1. The fourth-order valence-corrected chi connectivity index (χ4v) is 3.05. The van der Waals surface area contributed by atoms with Crippen molar-refractivity contribution in [1.29, 1.82) is 0 Å². The number of rotatable bonds is 6. The Balaban J connectivity index is 2.27. The molecule has 0 aliphatic heterocycles. The van der Waals surface area contributed by atoms with E-state index in [1.807, 2.05) is 90.9 Å². The molecular formula is C24H34N2O3. The van der Waals surface area contributed by atoms with Crippen molar-refractivity contribution in [1.82, 2.24) is 9.80 Å². The second-order valence-electron chi connectivity index (χ2n) is 9.56. The number of furan rings is 1. The van der Waals surface area contributed by atoms with E-state index in [0.717, 1.165) is 17.1 Å². The van der Waals surface area contributed by atoms with E-state index >= 15 is 0 Å². The molecule has 2 rings (SSSR count). The summed E-state index contributed by atoms with van der Waals surface area (Å²) in [5, 5.41) is 0. The number of nitrogens with zero attached hydrogens (tertiary/aromatic N) is 2. The van der Waals surface area contributed by atoms with E-state index in [1.54, 1.807) is 9.80 Å². The molecule has 1 heterocycles. The number of benzene rings is 1. The van der Waals surface area contributed by atoms with E-state index in [2.05, 4.69) is 0 Å². The second-order valence-corrected chi connectivity index (χ2v) is 9.56. The normalized spacial score (nSPS) is 12.0. The molecule has 1 aromatic carbocycles. The van der Waals surface area contributed by atoms with Crippen molar-refractivity contribution in [3.8, 4) is 0 Å². The van der Waals surface area contributed by atoms with Gasteiger partial charge in [-0.2, -0.15) is 0 Å². The topological polar surface area (TPSA) is 53.8 Å². The van der Waals surface area contributed by atoms with Crippen LogP contribution in [-0.4, -0.2) is 33.7 Å². The maximum Gasteiger partial charge on any atom is 0.242 e. The number of carbonyl (C=O) groups is 2. The number of hydrogen-bond donors (Lipinski definition) is 0. The molecule has 158 valence electrons. The first kappa shape index (κ1) is 22.7. The third kappa shape index (κ3) is 6.48. The van der Waals surface area contributed by atoms with Gasteiger partial charge in [0.1, 0.15) is 18.1 Å². The molecule has 0 atom stereocenters. The molecule has 0 radical (unpaired) electrons. The molecule has 0 saturated heterocycles. The van der Waals surface area contributed by atoms with E-state index in [-0.39, 0.29) is 18.4 Å². The summed E-state index contributed by atoms with van der Waals surface area (Å²) >= 11 is 0. The highest BCUT2D eigenvalue weighted by Gasteiger charge is 2.36. The van der Waals surface area contributed by atoms with E-state index in [9.17, 15) is 9.59 Å². The highest BCUT2D eigenvalue weighted by Crippen LogP contribution is 2.24. The fourth-order valence-electron chi connectivity index (χ4n) is 3.05. The standard InChI is InChI=1S/C24H34N2O3/c1-18-13-14-20(29-18)16-25(15-19-11-9-8-10-12-19)21(27)17-26(24(5,6)7)22(28)23(2,3)4/h8-14H,15-17H2,1-7H3. The summed E-state index contributed by atoms with van der Waals surface area (Å²) in [5.74, 6) is 1.41. The number of hydrogen-bond acceptors (Lipinski definition) is 3. The molecule has 29 heavy (non-hydrogen) atoms. The number of carbonyl (C=O) groups excluding carboxylic acids is 2. The lowest BCUT2D eigenvalue weighted by atomic mass is 9.91. The summed E-state index contributed by atoms with van der Waals surface area (Å²) in [6.45, 7) is 14.3. The van der Waals surface area contributed by atoms with Crippen molar-refractivity contribution in [2.24, 2.45) is 5.41 Å². The smallest absolute Gasteiger partial charge is 0.242 e. The summed E-state index contributed by atoms with van der Waals surface area (Å²) in [7, 11) is 0. The van der Waals surface area contributed by atoms with Gasteiger partial charge in [-0.25, -0.2) is 0 Å². The summed E-state index contributed by atoms with van der Waals surface area (Å²) in [6, 6.07) is 13.6. The molecule has 1 aromatic heterocycles. The lowest BCUT2D eigenvalue weighted by molar-refractivity contribution is -0.151. The lowest BCUT2D eigenvalue weighted by Gasteiger charge is -2.40. The van der Waals surface area contributed by atoms with Crippen LogP contribution in [0.1, 0.15) is 58.6 Å². The van der Waals surface area contributed by atoms with Crippen LogP contribution in [0.3, 0.4) is 0 Å². The highest BCUT2D eigenvalue weighted by atomic mass is 16.3. The zero-order valence-electron chi connectivity index (χ0n) is 18.8. The largest absolute Gasteiger partial charge is 0.464 e. The van der Waals surface area contributed by atoms with Crippen LogP contribution in [0, 0.1) is 12.3 Å². The Morgan fingerprint density at radius 1 is 0.897 bits per heavy atom. The van der Waals surface area contributed by atoms with Crippen LogP contribution in [0.15, 0.2) is 46.9 Å². The van der Waals surface area contributed by atoms with Crippen molar-refractivity contribution >= 4 is 11.8 Å². The first-order chi connectivity index (χ1) is 13.4. The Morgan fingerprint density at radius 2 is 1.52 bits per heavy atom. The van der Waals surface area contributed by atoms with Crippen LogP contribution < -0.4 is 0 Å². The van der Waals surface area contributed by atoms with Gasteiger partial charge in [0.05, 0.1) is 6.54 Å². The molecule has 0 aliphatic carbocycles. The average Bonchev–Trinajstić information content (AvgIpc) is 3.02. The Bertz CT molecular complexity index is 826. The van der Waals surface area contributed by atoms with Crippen LogP contribution in [0.2, 0.25) is 0 Å². The van der Waals surface area contributed by atoms with E-state index in [1.165, 1.54) is 0 Å². The lowest BCUT2D eigenvalue weighted by Crippen LogP contribution is -2.54. The van der Waals surface area contributed by atoms with Gasteiger partial charge in [-0.1, -0.05) is 51.1 Å². The predicted octanol–water partition coefficient (Wildman–Crippen LogP) is 4.79. The van der Waals surface area contributed by atoms with E-state index in [4.69, 9.17) is 4.42 Å². The summed E-state index contributed by atoms with van der Waals surface area (Å²) in [5.41, 5.74) is 0.0175. The van der Waals surface area contributed by atoms with Crippen LogP contribution in [-0.2, 0) is 22.7 Å². The minimum atomic E-state index is -0.560. The molecule has 0 saturated carbocycles. The Morgan fingerprint density at radius 3 is 2.00 bits per heavy atom. The van der Waals surface area contributed by atoms with Crippen molar-refractivity contribution < 1.29 is 14.0 Å².